The van der Waals surface area contributed by atoms with E-state index in [2.05, 4.69) is 15.2 Å². The van der Waals surface area contributed by atoms with Gasteiger partial charge in [0.25, 0.3) is 0 Å². The third-order valence-corrected chi connectivity index (χ3v) is 7.42. The van der Waals surface area contributed by atoms with E-state index in [0.29, 0.717) is 34.2 Å². The van der Waals surface area contributed by atoms with Crippen molar-refractivity contribution >= 4 is 43.9 Å². The van der Waals surface area contributed by atoms with Gasteiger partial charge in [0.15, 0.2) is 0 Å². The summed E-state index contributed by atoms with van der Waals surface area (Å²) in [5, 5.41) is 8.79. The number of fused-ring (bicyclic) bond motifs is 1. The van der Waals surface area contributed by atoms with E-state index in [9.17, 15) is 26.0 Å². The fourth-order valence-corrected chi connectivity index (χ4v) is 5.19. The molecule has 0 radical (unpaired) electrons. The summed E-state index contributed by atoms with van der Waals surface area (Å²) in [7, 11) is -4.48. The van der Waals surface area contributed by atoms with E-state index in [-0.39, 0.29) is 10.7 Å². The lowest BCUT2D eigenvalue weighted by atomic mass is 10.1. The maximum atomic E-state index is 14.2. The summed E-state index contributed by atoms with van der Waals surface area (Å²) < 4.78 is 80.4. The first kappa shape index (κ1) is 23.5. The molecule has 7 nitrogen and oxygen atoms in total. The van der Waals surface area contributed by atoms with Crippen LogP contribution in [0.2, 0.25) is 5.02 Å². The van der Waals surface area contributed by atoms with Gasteiger partial charge in [0.2, 0.25) is 15.2 Å². The van der Waals surface area contributed by atoms with E-state index < -0.39 is 33.0 Å². The Morgan fingerprint density at radius 2 is 1.97 bits per heavy atom. The molecule has 1 atom stereocenters. The average Bonchev–Trinajstić information content (AvgIpc) is 3.35. The van der Waals surface area contributed by atoms with Crippen molar-refractivity contribution in [2.45, 2.75) is 31.0 Å². The number of benzene rings is 1. The molecular weight excluding hydrogens is 506 g/mol. The van der Waals surface area contributed by atoms with Crippen LogP contribution in [0, 0.1) is 12.7 Å². The van der Waals surface area contributed by atoms with Crippen molar-refractivity contribution in [1.29, 1.82) is 0 Å². The van der Waals surface area contributed by atoms with Crippen LogP contribution < -0.4 is 4.72 Å². The monoisotopic (exact) mass is 519 g/mol. The molecule has 3 heterocycles. The summed E-state index contributed by atoms with van der Waals surface area (Å²) in [5.41, 5.74) is 2.89. The molecule has 0 saturated heterocycles. The Bertz CT molecular complexity index is 1440. The minimum atomic E-state index is -4.75. The topological polar surface area (TPSA) is 89.8 Å². The number of alkyl halides is 3. The van der Waals surface area contributed by atoms with Crippen molar-refractivity contribution in [1.82, 2.24) is 24.5 Å². The molecule has 174 valence electrons. The number of sulfonamides is 1. The number of aryl methyl sites for hydroxylation is 1. The molecule has 0 saturated carbocycles. The Morgan fingerprint density at radius 1 is 1.24 bits per heavy atom. The molecule has 0 aliphatic carbocycles. The lowest BCUT2D eigenvalue weighted by Gasteiger charge is -2.17. The Morgan fingerprint density at radius 3 is 2.55 bits per heavy atom. The largest absolute Gasteiger partial charge is 0.404 e. The first-order valence-electron chi connectivity index (χ1n) is 9.22. The van der Waals surface area contributed by atoms with Gasteiger partial charge in [-0.1, -0.05) is 22.9 Å². The van der Waals surface area contributed by atoms with Gasteiger partial charge < -0.3 is 0 Å². The smallest absolute Gasteiger partial charge is 0.281 e. The first-order valence-corrected chi connectivity index (χ1v) is 12.0. The van der Waals surface area contributed by atoms with E-state index >= 15 is 0 Å². The number of nitrogens with zero attached hydrogens (tertiary/aromatic N) is 4. The summed E-state index contributed by atoms with van der Waals surface area (Å²) in [6.45, 7) is 2.29. The number of nitrogens with one attached hydrogen (secondary N) is 1. The maximum absolute atomic E-state index is 14.2. The van der Waals surface area contributed by atoms with Crippen LogP contribution in [-0.2, 0) is 10.0 Å². The molecule has 4 aromatic rings. The Balaban J connectivity index is 1.84. The van der Waals surface area contributed by atoms with Crippen molar-refractivity contribution < 1.29 is 26.0 Å². The van der Waals surface area contributed by atoms with Crippen LogP contribution in [0.3, 0.4) is 0 Å². The third kappa shape index (κ3) is 4.33. The minimum absolute atomic E-state index is 0.144. The summed E-state index contributed by atoms with van der Waals surface area (Å²) >= 11 is 7.75. The zero-order valence-corrected chi connectivity index (χ0v) is 19.2. The molecule has 0 fully saturated rings. The van der Waals surface area contributed by atoms with Gasteiger partial charge in [-0.2, -0.15) is 17.9 Å². The SMILES string of the molecule is Cc1cc2c(cc1F)c(Cl)c(-c1ccc(S(=O)(=O)NC(C)C(F)(F)F)cn1)n2-c1nncs1. The average molecular weight is 520 g/mol. The van der Waals surface area contributed by atoms with E-state index in [1.54, 1.807) is 22.3 Å². The molecule has 0 aliphatic heterocycles. The van der Waals surface area contributed by atoms with Gasteiger partial charge in [-0.3, -0.25) is 9.55 Å². The summed E-state index contributed by atoms with van der Waals surface area (Å²) in [5.74, 6) is -0.468. The number of aromatic nitrogens is 4. The van der Waals surface area contributed by atoms with Crippen molar-refractivity contribution in [2.75, 3.05) is 0 Å². The van der Waals surface area contributed by atoms with Gasteiger partial charge in [0.05, 0.1) is 21.9 Å². The van der Waals surface area contributed by atoms with E-state index in [0.717, 1.165) is 12.3 Å². The molecule has 0 aliphatic rings. The maximum Gasteiger partial charge on any atom is 0.404 e. The lowest BCUT2D eigenvalue weighted by molar-refractivity contribution is -0.147. The van der Waals surface area contributed by atoms with Gasteiger partial charge in [0.1, 0.15) is 22.3 Å². The third-order valence-electron chi connectivity index (χ3n) is 4.84. The van der Waals surface area contributed by atoms with Gasteiger partial charge in [-0.25, -0.2) is 12.8 Å². The standard InChI is InChI=1S/C19H14ClF4N5O2S2/c1-9-5-15-12(6-13(9)21)16(20)17(29(15)18-27-26-8-32-18)14-4-3-11(7-25-14)33(30,31)28-10(2)19(22,23)24/h3-8,10,28H,1-2H3. The highest BCUT2D eigenvalue weighted by molar-refractivity contribution is 7.89. The van der Waals surface area contributed by atoms with Crippen LogP contribution in [-0.4, -0.2) is 40.4 Å². The molecular formula is C19H14ClF4N5O2S2. The molecule has 1 aromatic carbocycles. The molecule has 0 spiro atoms. The van der Waals surface area contributed by atoms with Crippen molar-refractivity contribution in [3.63, 3.8) is 0 Å². The molecule has 33 heavy (non-hydrogen) atoms. The molecule has 14 heteroatoms. The minimum Gasteiger partial charge on any atom is -0.281 e. The second kappa shape index (κ2) is 8.31. The van der Waals surface area contributed by atoms with Crippen LogP contribution in [0.15, 0.2) is 40.9 Å². The molecule has 0 amide bonds. The summed E-state index contributed by atoms with van der Waals surface area (Å²) in [6.07, 6.45) is -3.82. The lowest BCUT2D eigenvalue weighted by Crippen LogP contribution is -2.42. The van der Waals surface area contributed by atoms with Crippen molar-refractivity contribution in [3.05, 3.63) is 52.4 Å². The highest BCUT2D eigenvalue weighted by atomic mass is 35.5. The predicted octanol–water partition coefficient (Wildman–Crippen LogP) is 4.87. The molecule has 4 rings (SSSR count). The Labute approximate surface area is 194 Å². The number of hydrogen-bond acceptors (Lipinski definition) is 6. The first-order chi connectivity index (χ1) is 15.4. The van der Waals surface area contributed by atoms with Gasteiger partial charge in [-0.15, -0.1) is 10.2 Å². The summed E-state index contributed by atoms with van der Waals surface area (Å²) in [6, 6.07) is 2.98. The van der Waals surface area contributed by atoms with Crippen molar-refractivity contribution in [2.24, 2.45) is 0 Å². The molecule has 0 bridgehead atoms. The fraction of sp³-hybridized carbons (Fsp3) is 0.211. The zero-order valence-electron chi connectivity index (χ0n) is 16.9. The number of rotatable bonds is 5. The second-order valence-corrected chi connectivity index (χ2v) is 10.0. The quantitative estimate of drug-likeness (QED) is 0.380. The second-order valence-electron chi connectivity index (χ2n) is 7.10. The normalized spacial score (nSPS) is 13.5. The van der Waals surface area contributed by atoms with Crippen LogP contribution in [0.25, 0.3) is 27.4 Å². The van der Waals surface area contributed by atoms with Crippen LogP contribution in [0.5, 0.6) is 0 Å². The Hall–Kier alpha value is -2.61. The van der Waals surface area contributed by atoms with Gasteiger partial charge in [0, 0.05) is 11.6 Å². The number of pyridine rings is 1. The number of halogens is 5. The van der Waals surface area contributed by atoms with E-state index in [4.69, 9.17) is 11.6 Å². The van der Waals surface area contributed by atoms with Gasteiger partial charge in [-0.05, 0) is 43.7 Å². The summed E-state index contributed by atoms with van der Waals surface area (Å²) in [4.78, 5) is 3.65. The Kier molecular flexibility index (Phi) is 5.93. The molecule has 3 aromatic heterocycles. The fourth-order valence-electron chi connectivity index (χ4n) is 3.11. The van der Waals surface area contributed by atoms with Crippen LogP contribution in [0.4, 0.5) is 17.6 Å². The highest BCUT2D eigenvalue weighted by Gasteiger charge is 2.39. The number of hydrogen-bond donors (Lipinski definition) is 1. The molecule has 1 unspecified atom stereocenters. The predicted molar refractivity (Wildman–Crippen MR) is 116 cm³/mol. The highest BCUT2D eigenvalue weighted by Crippen LogP contribution is 2.40. The van der Waals surface area contributed by atoms with Crippen molar-refractivity contribution in [3.8, 4) is 16.5 Å². The van der Waals surface area contributed by atoms with E-state index in [1.807, 2.05) is 0 Å². The van der Waals surface area contributed by atoms with Gasteiger partial charge >= 0.3 is 6.18 Å². The zero-order chi connectivity index (χ0) is 24.1. The van der Waals surface area contributed by atoms with E-state index in [1.165, 1.54) is 29.0 Å². The van der Waals surface area contributed by atoms with Crippen LogP contribution >= 0.6 is 22.9 Å². The van der Waals surface area contributed by atoms with Crippen LogP contribution in [0.1, 0.15) is 12.5 Å². The molecule has 1 N–H and O–H groups in total.